The standard InChI is InChI=1S/C31H18N2O7/c1-38-24-12-10-17(14-22(24)33-29(34)19-11-9-18(31(36)37)13-21(19)30(33)35)28-32-27-20(6-4-8-25(27)40-28)26-15-16-5-2-3-7-23(16)39-26/h2-15H,1H3,(H,36,37). The highest BCUT2D eigenvalue weighted by Gasteiger charge is 2.39. The molecule has 3 heterocycles. The average molecular weight is 530 g/mol. The summed E-state index contributed by atoms with van der Waals surface area (Å²) < 4.78 is 17.6. The molecule has 2 amide bonds. The summed E-state index contributed by atoms with van der Waals surface area (Å²) >= 11 is 0. The number of carbonyl (C=O) groups is 3. The number of methoxy groups -OCH3 is 1. The summed E-state index contributed by atoms with van der Waals surface area (Å²) in [6.45, 7) is 0. The van der Waals surface area contributed by atoms with Gasteiger partial charge in [0.05, 0.1) is 29.5 Å². The van der Waals surface area contributed by atoms with Crippen LogP contribution in [0.25, 0.3) is 44.8 Å². The maximum absolute atomic E-state index is 13.3. The van der Waals surface area contributed by atoms with E-state index in [4.69, 9.17) is 18.6 Å². The molecule has 0 bridgehead atoms. The second-order valence-corrected chi connectivity index (χ2v) is 9.22. The fourth-order valence-electron chi connectivity index (χ4n) is 4.98. The number of para-hydroxylation sites is 2. The van der Waals surface area contributed by atoms with E-state index >= 15 is 0 Å². The van der Waals surface area contributed by atoms with Crippen LogP contribution in [0.1, 0.15) is 31.1 Å². The number of hydrogen-bond acceptors (Lipinski definition) is 7. The number of carboxylic acid groups (broad SMARTS) is 1. The van der Waals surface area contributed by atoms with Crippen molar-refractivity contribution < 1.29 is 33.1 Å². The van der Waals surface area contributed by atoms with E-state index in [-0.39, 0.29) is 34.0 Å². The van der Waals surface area contributed by atoms with Crippen LogP contribution in [0.4, 0.5) is 5.69 Å². The highest BCUT2D eigenvalue weighted by Crippen LogP contribution is 2.40. The number of rotatable bonds is 5. The zero-order chi connectivity index (χ0) is 27.5. The van der Waals surface area contributed by atoms with Crippen molar-refractivity contribution >= 4 is 45.5 Å². The van der Waals surface area contributed by atoms with Gasteiger partial charge in [0.25, 0.3) is 11.8 Å². The predicted molar refractivity (Wildman–Crippen MR) is 146 cm³/mol. The van der Waals surface area contributed by atoms with Gasteiger partial charge in [0.1, 0.15) is 22.6 Å². The smallest absolute Gasteiger partial charge is 0.335 e. The number of amides is 2. The molecule has 7 rings (SSSR count). The van der Waals surface area contributed by atoms with E-state index in [1.54, 1.807) is 24.3 Å². The minimum absolute atomic E-state index is 0.00898. The third-order valence-corrected chi connectivity index (χ3v) is 6.91. The van der Waals surface area contributed by atoms with Crippen molar-refractivity contribution in [2.45, 2.75) is 0 Å². The molecule has 1 aliphatic heterocycles. The number of carboxylic acids is 1. The fourth-order valence-corrected chi connectivity index (χ4v) is 4.98. The zero-order valence-electron chi connectivity index (χ0n) is 20.9. The molecule has 1 aliphatic rings. The molecule has 6 aromatic rings. The van der Waals surface area contributed by atoms with Crippen molar-refractivity contribution in [3.63, 3.8) is 0 Å². The van der Waals surface area contributed by atoms with Gasteiger partial charge in [-0.3, -0.25) is 9.59 Å². The number of hydrogen-bond donors (Lipinski definition) is 1. The summed E-state index contributed by atoms with van der Waals surface area (Å²) in [4.78, 5) is 43.7. The molecule has 9 nitrogen and oxygen atoms in total. The first-order valence-electron chi connectivity index (χ1n) is 12.3. The number of anilines is 1. The van der Waals surface area contributed by atoms with Crippen LogP contribution in [-0.2, 0) is 0 Å². The Bertz CT molecular complexity index is 2000. The molecule has 0 saturated carbocycles. The Kier molecular flexibility index (Phi) is 5.08. The fraction of sp³-hybridized carbons (Fsp3) is 0.0323. The van der Waals surface area contributed by atoms with E-state index in [0.29, 0.717) is 22.4 Å². The van der Waals surface area contributed by atoms with Crippen molar-refractivity contribution in [1.29, 1.82) is 0 Å². The summed E-state index contributed by atoms with van der Waals surface area (Å²) in [7, 11) is 1.43. The molecular formula is C31H18N2O7. The van der Waals surface area contributed by atoms with Crippen LogP contribution in [0.15, 0.2) is 93.8 Å². The molecule has 0 spiro atoms. The Morgan fingerprint density at radius 3 is 2.42 bits per heavy atom. The van der Waals surface area contributed by atoms with E-state index in [0.717, 1.165) is 21.4 Å². The number of oxazole rings is 1. The van der Waals surface area contributed by atoms with Crippen molar-refractivity contribution in [1.82, 2.24) is 4.98 Å². The lowest BCUT2D eigenvalue weighted by atomic mass is 10.1. The van der Waals surface area contributed by atoms with Gasteiger partial charge in [-0.2, -0.15) is 0 Å². The number of carbonyl (C=O) groups excluding carboxylic acids is 2. The molecule has 0 atom stereocenters. The molecule has 0 aliphatic carbocycles. The first-order valence-corrected chi connectivity index (χ1v) is 12.3. The highest BCUT2D eigenvalue weighted by molar-refractivity contribution is 6.35. The number of furan rings is 1. The number of aromatic nitrogens is 1. The van der Waals surface area contributed by atoms with Crippen molar-refractivity contribution in [3.8, 4) is 28.5 Å². The summed E-state index contributed by atoms with van der Waals surface area (Å²) in [5.74, 6) is -1.24. The molecule has 0 unspecified atom stereocenters. The van der Waals surface area contributed by atoms with E-state index in [1.165, 1.54) is 25.3 Å². The number of nitrogens with zero attached hydrogens (tertiary/aromatic N) is 2. The molecular weight excluding hydrogens is 512 g/mol. The second-order valence-electron chi connectivity index (χ2n) is 9.22. The van der Waals surface area contributed by atoms with Gasteiger partial charge in [-0.15, -0.1) is 0 Å². The van der Waals surface area contributed by atoms with Crippen molar-refractivity contribution in [2.24, 2.45) is 0 Å². The Morgan fingerprint density at radius 1 is 0.825 bits per heavy atom. The summed E-state index contributed by atoms with van der Waals surface area (Å²) in [6, 6.07) is 24.0. The number of imide groups is 1. The third-order valence-electron chi connectivity index (χ3n) is 6.91. The molecule has 194 valence electrons. The van der Waals surface area contributed by atoms with Gasteiger partial charge in [-0.05, 0) is 60.7 Å². The van der Waals surface area contributed by atoms with E-state index in [2.05, 4.69) is 0 Å². The first-order chi connectivity index (χ1) is 19.4. The number of benzene rings is 4. The van der Waals surface area contributed by atoms with Crippen molar-refractivity contribution in [2.75, 3.05) is 12.0 Å². The lowest BCUT2D eigenvalue weighted by molar-refractivity contribution is 0.0696. The third kappa shape index (κ3) is 3.48. The van der Waals surface area contributed by atoms with Gasteiger partial charge in [0, 0.05) is 16.5 Å². The topological polar surface area (TPSA) is 123 Å². The average Bonchev–Trinajstić information content (AvgIpc) is 3.67. The molecule has 1 N–H and O–H groups in total. The van der Waals surface area contributed by atoms with Crippen LogP contribution in [-0.4, -0.2) is 35.0 Å². The summed E-state index contributed by atoms with van der Waals surface area (Å²) in [6.07, 6.45) is 0. The monoisotopic (exact) mass is 530 g/mol. The van der Waals surface area contributed by atoms with Crippen LogP contribution >= 0.6 is 0 Å². The van der Waals surface area contributed by atoms with E-state index < -0.39 is 17.8 Å². The van der Waals surface area contributed by atoms with Crippen LogP contribution in [0.3, 0.4) is 0 Å². The zero-order valence-corrected chi connectivity index (χ0v) is 20.9. The SMILES string of the molecule is COc1ccc(-c2nc3c(-c4cc5ccccc5o4)cccc3o2)cc1N1C(=O)c2ccc(C(=O)O)cc2C1=O. The Morgan fingerprint density at radius 2 is 1.62 bits per heavy atom. The molecule has 2 aromatic heterocycles. The van der Waals surface area contributed by atoms with Gasteiger partial charge in [0.15, 0.2) is 5.58 Å². The maximum atomic E-state index is 13.3. The quantitative estimate of drug-likeness (QED) is 0.254. The first kappa shape index (κ1) is 23.4. The van der Waals surface area contributed by atoms with Crippen molar-refractivity contribution in [3.05, 3.63) is 102 Å². The molecule has 9 heteroatoms. The molecule has 0 saturated heterocycles. The largest absolute Gasteiger partial charge is 0.495 e. The molecule has 40 heavy (non-hydrogen) atoms. The van der Waals surface area contributed by atoms with Crippen LogP contribution in [0.5, 0.6) is 5.75 Å². The van der Waals surface area contributed by atoms with Gasteiger partial charge < -0.3 is 18.7 Å². The second kappa shape index (κ2) is 8.67. The van der Waals surface area contributed by atoms with Crippen LogP contribution < -0.4 is 9.64 Å². The molecule has 0 radical (unpaired) electrons. The normalized spacial score (nSPS) is 12.9. The number of aromatic carboxylic acids is 1. The Hall–Kier alpha value is -5.70. The Labute approximate surface area is 225 Å². The molecule has 4 aromatic carbocycles. The van der Waals surface area contributed by atoms with E-state index in [1.807, 2.05) is 42.5 Å². The predicted octanol–water partition coefficient (Wildman–Crippen LogP) is 6.42. The Balaban J connectivity index is 1.32. The lowest BCUT2D eigenvalue weighted by Crippen LogP contribution is -2.29. The summed E-state index contributed by atoms with van der Waals surface area (Å²) in [5, 5.41) is 10.3. The number of fused-ring (bicyclic) bond motifs is 3. The van der Waals surface area contributed by atoms with Gasteiger partial charge in [-0.25, -0.2) is 14.7 Å². The van der Waals surface area contributed by atoms with Crippen LogP contribution in [0.2, 0.25) is 0 Å². The van der Waals surface area contributed by atoms with Gasteiger partial charge >= 0.3 is 5.97 Å². The minimum atomic E-state index is -1.20. The summed E-state index contributed by atoms with van der Waals surface area (Å²) in [5.41, 5.74) is 3.36. The van der Waals surface area contributed by atoms with Gasteiger partial charge in [-0.1, -0.05) is 24.3 Å². The van der Waals surface area contributed by atoms with E-state index in [9.17, 15) is 19.5 Å². The minimum Gasteiger partial charge on any atom is -0.495 e. The van der Waals surface area contributed by atoms with Crippen LogP contribution in [0, 0.1) is 0 Å². The number of ether oxygens (including phenoxy) is 1. The molecule has 0 fully saturated rings. The maximum Gasteiger partial charge on any atom is 0.335 e. The highest BCUT2D eigenvalue weighted by atomic mass is 16.5. The lowest BCUT2D eigenvalue weighted by Gasteiger charge is -2.18. The van der Waals surface area contributed by atoms with Gasteiger partial charge in [0.2, 0.25) is 5.89 Å².